The van der Waals surface area contributed by atoms with Gasteiger partial charge in [-0.1, -0.05) is 67.0 Å². The van der Waals surface area contributed by atoms with E-state index in [2.05, 4.69) is 61.5 Å². The van der Waals surface area contributed by atoms with Crippen LogP contribution in [0.3, 0.4) is 0 Å². The fourth-order valence-electron chi connectivity index (χ4n) is 10.7. The minimum absolute atomic E-state index is 0.0446. The SMILES string of the molecule is CC1(C)C[C@@H]2C3=C[C@@H](O)[C@@H]4[C@@]5(C)CC[C@@H](O)C(C)(C)C5CC[C@@]4(C)[C@]3(C)CC[C@@]2(C)C[C@@H]1O. The van der Waals surface area contributed by atoms with Gasteiger partial charge in [0.05, 0.1) is 18.3 Å². The van der Waals surface area contributed by atoms with E-state index in [1.54, 1.807) is 0 Å². The lowest BCUT2D eigenvalue weighted by atomic mass is 9.33. The van der Waals surface area contributed by atoms with E-state index in [9.17, 15) is 15.3 Å². The first-order valence-electron chi connectivity index (χ1n) is 13.8. The largest absolute Gasteiger partial charge is 0.393 e. The Balaban J connectivity index is 1.62. The summed E-state index contributed by atoms with van der Waals surface area (Å²) in [6.07, 6.45) is 9.76. The zero-order valence-corrected chi connectivity index (χ0v) is 22.5. The zero-order valence-electron chi connectivity index (χ0n) is 22.5. The van der Waals surface area contributed by atoms with Crippen molar-refractivity contribution >= 4 is 0 Å². The van der Waals surface area contributed by atoms with Gasteiger partial charge in [-0.25, -0.2) is 0 Å². The third kappa shape index (κ3) is 2.91. The van der Waals surface area contributed by atoms with E-state index < -0.39 is 6.10 Å². The van der Waals surface area contributed by atoms with Crippen LogP contribution in [-0.2, 0) is 0 Å². The number of allylic oxidation sites excluding steroid dienone is 1. The number of hydrogen-bond acceptors (Lipinski definition) is 3. The maximum absolute atomic E-state index is 11.9. The molecule has 3 nitrogen and oxygen atoms in total. The van der Waals surface area contributed by atoms with Crippen LogP contribution in [0.2, 0.25) is 0 Å². The topological polar surface area (TPSA) is 60.7 Å². The second-order valence-electron chi connectivity index (χ2n) is 15.4. The Hall–Kier alpha value is -0.380. The van der Waals surface area contributed by atoms with E-state index in [0.717, 1.165) is 44.9 Å². The Labute approximate surface area is 202 Å². The van der Waals surface area contributed by atoms with Crippen molar-refractivity contribution in [2.75, 3.05) is 0 Å². The summed E-state index contributed by atoms with van der Waals surface area (Å²) in [5.41, 5.74) is 1.64. The summed E-state index contributed by atoms with van der Waals surface area (Å²) in [7, 11) is 0. The van der Waals surface area contributed by atoms with Crippen LogP contribution in [0, 0.1) is 50.2 Å². The highest BCUT2D eigenvalue weighted by molar-refractivity contribution is 5.35. The Morgan fingerprint density at radius 2 is 1.42 bits per heavy atom. The number of fused-ring (bicyclic) bond motifs is 7. The first-order valence-corrected chi connectivity index (χ1v) is 13.8. The average molecular weight is 459 g/mol. The van der Waals surface area contributed by atoms with Crippen molar-refractivity contribution in [1.29, 1.82) is 0 Å². The first kappa shape index (κ1) is 24.3. The molecule has 188 valence electrons. The monoisotopic (exact) mass is 458 g/mol. The van der Waals surface area contributed by atoms with Gasteiger partial charge in [-0.15, -0.1) is 0 Å². The molecule has 0 bridgehead atoms. The van der Waals surface area contributed by atoms with Crippen LogP contribution in [-0.4, -0.2) is 33.6 Å². The molecular weight excluding hydrogens is 408 g/mol. The Morgan fingerprint density at radius 3 is 2.09 bits per heavy atom. The summed E-state index contributed by atoms with van der Waals surface area (Å²) in [5.74, 6) is 1.12. The molecule has 3 heteroatoms. The molecule has 0 spiro atoms. The molecule has 0 aromatic heterocycles. The Kier molecular flexibility index (Phi) is 5.07. The first-order chi connectivity index (χ1) is 15.0. The number of rotatable bonds is 0. The summed E-state index contributed by atoms with van der Waals surface area (Å²) in [4.78, 5) is 0. The Morgan fingerprint density at radius 1 is 0.758 bits per heavy atom. The van der Waals surface area contributed by atoms with Crippen molar-refractivity contribution in [3.05, 3.63) is 11.6 Å². The molecule has 5 aliphatic rings. The zero-order chi connectivity index (χ0) is 24.4. The molecule has 0 aliphatic heterocycles. The van der Waals surface area contributed by atoms with E-state index >= 15 is 0 Å². The normalized spacial score (nSPS) is 57.1. The fourth-order valence-corrected chi connectivity index (χ4v) is 10.7. The van der Waals surface area contributed by atoms with E-state index in [1.165, 1.54) is 12.0 Å². The predicted molar refractivity (Wildman–Crippen MR) is 133 cm³/mol. The molecule has 5 rings (SSSR count). The summed E-state index contributed by atoms with van der Waals surface area (Å²) < 4.78 is 0. The van der Waals surface area contributed by atoms with Crippen LogP contribution < -0.4 is 0 Å². The van der Waals surface area contributed by atoms with Crippen molar-refractivity contribution in [2.45, 2.75) is 125 Å². The van der Waals surface area contributed by atoms with Crippen LogP contribution >= 0.6 is 0 Å². The lowest BCUT2D eigenvalue weighted by Crippen LogP contribution is -2.67. The maximum Gasteiger partial charge on any atom is 0.0762 e. The second kappa shape index (κ2) is 6.88. The van der Waals surface area contributed by atoms with E-state index in [4.69, 9.17) is 0 Å². The lowest BCUT2D eigenvalue weighted by molar-refractivity contribution is -0.226. The summed E-state index contributed by atoms with van der Waals surface area (Å²) in [6.45, 7) is 18.9. The van der Waals surface area contributed by atoms with Gasteiger partial charge < -0.3 is 15.3 Å². The van der Waals surface area contributed by atoms with Gasteiger partial charge in [0.2, 0.25) is 0 Å². The van der Waals surface area contributed by atoms with Gasteiger partial charge in [-0.2, -0.15) is 0 Å². The highest BCUT2D eigenvalue weighted by atomic mass is 16.3. The molecule has 3 N–H and O–H groups in total. The summed E-state index contributed by atoms with van der Waals surface area (Å²) >= 11 is 0. The smallest absolute Gasteiger partial charge is 0.0762 e. The van der Waals surface area contributed by atoms with Crippen molar-refractivity contribution in [2.24, 2.45) is 50.2 Å². The molecule has 0 heterocycles. The van der Waals surface area contributed by atoms with E-state index in [1.807, 2.05) is 0 Å². The highest BCUT2D eigenvalue weighted by Crippen LogP contribution is 2.75. The lowest BCUT2D eigenvalue weighted by Gasteiger charge is -2.72. The van der Waals surface area contributed by atoms with Crippen molar-refractivity contribution < 1.29 is 15.3 Å². The number of aliphatic hydroxyl groups excluding tert-OH is 3. The summed E-state index contributed by atoms with van der Waals surface area (Å²) in [5, 5.41) is 33.8. The minimum Gasteiger partial charge on any atom is -0.393 e. The molecule has 0 radical (unpaired) electrons. The standard InChI is InChI=1S/C30H50O3/c1-25(2)16-19-18-15-20(31)24-28(6)11-10-22(32)26(3,4)21(28)9-12-30(24,8)29(18,7)14-13-27(19,5)17-23(25)33/h15,19-24,31-33H,9-14,16-17H2,1-8H3/t19-,20-,21?,22-,23+,24-,27+,28+,29-,30-/m1/s1. The van der Waals surface area contributed by atoms with E-state index in [0.29, 0.717) is 11.8 Å². The number of aliphatic hydroxyl groups is 3. The molecule has 33 heavy (non-hydrogen) atoms. The van der Waals surface area contributed by atoms with Crippen molar-refractivity contribution in [1.82, 2.24) is 0 Å². The summed E-state index contributed by atoms with van der Waals surface area (Å²) in [6, 6.07) is 0. The second-order valence-corrected chi connectivity index (χ2v) is 15.4. The van der Waals surface area contributed by atoms with Gasteiger partial charge >= 0.3 is 0 Å². The predicted octanol–water partition coefficient (Wildman–Crippen LogP) is 6.11. The van der Waals surface area contributed by atoms with Crippen LogP contribution in [0.15, 0.2) is 11.6 Å². The highest BCUT2D eigenvalue weighted by Gasteiger charge is 2.70. The van der Waals surface area contributed by atoms with Crippen LogP contribution in [0.1, 0.15) is 107 Å². The molecule has 4 saturated carbocycles. The maximum atomic E-state index is 11.9. The van der Waals surface area contributed by atoms with E-state index in [-0.39, 0.29) is 50.6 Å². The molecule has 1 unspecified atom stereocenters. The van der Waals surface area contributed by atoms with Gasteiger partial charge in [0.15, 0.2) is 0 Å². The van der Waals surface area contributed by atoms with Gasteiger partial charge in [0, 0.05) is 5.92 Å². The van der Waals surface area contributed by atoms with Crippen LogP contribution in [0.5, 0.6) is 0 Å². The van der Waals surface area contributed by atoms with Gasteiger partial charge in [0.1, 0.15) is 0 Å². The average Bonchev–Trinajstić information content (AvgIpc) is 2.69. The van der Waals surface area contributed by atoms with Crippen LogP contribution in [0.25, 0.3) is 0 Å². The van der Waals surface area contributed by atoms with Crippen molar-refractivity contribution in [3.8, 4) is 0 Å². The third-order valence-corrected chi connectivity index (χ3v) is 13.2. The molecule has 0 saturated heterocycles. The minimum atomic E-state index is -0.422. The Bertz CT molecular complexity index is 859. The molecule has 0 aromatic carbocycles. The van der Waals surface area contributed by atoms with Gasteiger partial charge in [-0.05, 0) is 95.7 Å². The molecule has 0 aromatic rings. The molecule has 5 aliphatic carbocycles. The molecule has 4 fully saturated rings. The third-order valence-electron chi connectivity index (χ3n) is 13.2. The molecular formula is C30H50O3. The van der Waals surface area contributed by atoms with Crippen molar-refractivity contribution in [3.63, 3.8) is 0 Å². The fraction of sp³-hybridized carbons (Fsp3) is 0.933. The van der Waals surface area contributed by atoms with Gasteiger partial charge in [-0.3, -0.25) is 0 Å². The number of hydrogen-bond donors (Lipinski definition) is 3. The quantitative estimate of drug-likeness (QED) is 0.384. The molecule has 10 atom stereocenters. The molecule has 0 amide bonds. The van der Waals surface area contributed by atoms with Crippen LogP contribution in [0.4, 0.5) is 0 Å². The van der Waals surface area contributed by atoms with Gasteiger partial charge in [0.25, 0.3) is 0 Å².